The van der Waals surface area contributed by atoms with Gasteiger partial charge in [-0.25, -0.2) is 0 Å². The molecule has 2 rings (SSSR count). The fourth-order valence-electron chi connectivity index (χ4n) is 1.80. The number of benzene rings is 1. The fraction of sp³-hybridized carbons (Fsp3) is 0.308. The van der Waals surface area contributed by atoms with Crippen LogP contribution in [0, 0.1) is 20.8 Å². The number of carbonyl (C=O) groups is 1. The summed E-state index contributed by atoms with van der Waals surface area (Å²) in [6.45, 7) is 5.51. The molecule has 0 radical (unpaired) electrons. The Morgan fingerprint density at radius 2 is 2.05 bits per heavy atom. The molecule has 0 atom stereocenters. The Morgan fingerprint density at radius 1 is 1.30 bits per heavy atom. The number of nitrogens with one attached hydrogen (secondary N) is 1. The molecule has 0 bridgehead atoms. The SMILES string of the molecule is COSc1c(C)ccc(C(=O)Nc2nnc(C)o2)c1C. The minimum atomic E-state index is -0.288. The number of anilines is 1. The molecule has 7 heteroatoms. The Hall–Kier alpha value is -1.86. The Morgan fingerprint density at radius 3 is 2.65 bits per heavy atom. The molecule has 0 spiro atoms. The molecule has 6 nitrogen and oxygen atoms in total. The minimum absolute atomic E-state index is 0.0911. The molecule has 1 N–H and O–H groups in total. The number of hydrogen-bond donors (Lipinski definition) is 1. The molecule has 1 aromatic carbocycles. The Kier molecular flexibility index (Phi) is 4.41. The summed E-state index contributed by atoms with van der Waals surface area (Å²) in [5.41, 5.74) is 2.45. The second-order valence-corrected chi connectivity index (χ2v) is 5.12. The van der Waals surface area contributed by atoms with Gasteiger partial charge in [0.1, 0.15) is 0 Å². The van der Waals surface area contributed by atoms with Crippen LogP contribution in [0.1, 0.15) is 27.4 Å². The van der Waals surface area contributed by atoms with E-state index in [1.165, 1.54) is 12.0 Å². The zero-order valence-corrected chi connectivity index (χ0v) is 12.5. The molecule has 0 aliphatic carbocycles. The van der Waals surface area contributed by atoms with Gasteiger partial charge in [-0.1, -0.05) is 11.2 Å². The number of carbonyl (C=O) groups excluding carboxylic acids is 1. The van der Waals surface area contributed by atoms with E-state index in [1.807, 2.05) is 19.9 Å². The summed E-state index contributed by atoms with van der Waals surface area (Å²) in [6.07, 6.45) is 0. The molecule has 20 heavy (non-hydrogen) atoms. The van der Waals surface area contributed by atoms with E-state index in [-0.39, 0.29) is 11.9 Å². The molecule has 0 saturated carbocycles. The molecule has 0 aliphatic heterocycles. The van der Waals surface area contributed by atoms with Crippen LogP contribution in [0.4, 0.5) is 6.01 Å². The highest BCUT2D eigenvalue weighted by Gasteiger charge is 2.16. The van der Waals surface area contributed by atoms with Crippen molar-refractivity contribution in [1.29, 1.82) is 0 Å². The van der Waals surface area contributed by atoms with E-state index in [0.717, 1.165) is 16.0 Å². The summed E-state index contributed by atoms with van der Waals surface area (Å²) in [5.74, 6) is 0.112. The van der Waals surface area contributed by atoms with E-state index >= 15 is 0 Å². The standard InChI is InChI=1S/C13H15N3O3S/c1-7-5-6-10(8(2)11(7)20-18-4)12(17)14-13-16-15-9(3)19-13/h5-6H,1-4H3,(H,14,16,17). The zero-order valence-electron chi connectivity index (χ0n) is 11.7. The van der Waals surface area contributed by atoms with E-state index in [2.05, 4.69) is 15.5 Å². The Balaban J connectivity index is 2.28. The quantitative estimate of drug-likeness (QED) is 0.873. The van der Waals surface area contributed by atoms with Gasteiger partial charge in [-0.05, 0) is 31.0 Å². The lowest BCUT2D eigenvalue weighted by atomic mass is 10.1. The largest absolute Gasteiger partial charge is 0.408 e. The molecule has 0 saturated heterocycles. The summed E-state index contributed by atoms with van der Waals surface area (Å²) in [4.78, 5) is 13.2. The average molecular weight is 293 g/mol. The summed E-state index contributed by atoms with van der Waals surface area (Å²) < 4.78 is 10.2. The smallest absolute Gasteiger partial charge is 0.322 e. The molecule has 2 aromatic rings. The lowest BCUT2D eigenvalue weighted by Crippen LogP contribution is -2.14. The maximum atomic E-state index is 12.2. The average Bonchev–Trinajstić information content (AvgIpc) is 2.79. The van der Waals surface area contributed by atoms with Crippen LogP contribution in [0.2, 0.25) is 0 Å². The third-order valence-electron chi connectivity index (χ3n) is 2.76. The first-order chi connectivity index (χ1) is 9.52. The van der Waals surface area contributed by atoms with Crippen LogP contribution in [-0.4, -0.2) is 23.2 Å². The van der Waals surface area contributed by atoms with Crippen LogP contribution < -0.4 is 5.32 Å². The summed E-state index contributed by atoms with van der Waals surface area (Å²) >= 11 is 1.24. The van der Waals surface area contributed by atoms with Crippen molar-refractivity contribution in [2.45, 2.75) is 25.7 Å². The lowest BCUT2D eigenvalue weighted by Gasteiger charge is -2.11. The predicted octanol–water partition coefficient (Wildman–Crippen LogP) is 2.90. The van der Waals surface area contributed by atoms with Crippen LogP contribution in [-0.2, 0) is 4.18 Å². The molecule has 106 valence electrons. The normalized spacial score (nSPS) is 10.6. The van der Waals surface area contributed by atoms with Gasteiger partial charge >= 0.3 is 6.01 Å². The summed E-state index contributed by atoms with van der Waals surface area (Å²) in [7, 11) is 1.59. The van der Waals surface area contributed by atoms with Gasteiger partial charge in [0.2, 0.25) is 5.89 Å². The lowest BCUT2D eigenvalue weighted by molar-refractivity contribution is 0.102. The van der Waals surface area contributed by atoms with Crippen LogP contribution in [0.15, 0.2) is 21.4 Å². The summed E-state index contributed by atoms with van der Waals surface area (Å²) in [5, 5.41) is 9.98. The van der Waals surface area contributed by atoms with E-state index in [0.29, 0.717) is 11.5 Å². The Bertz CT molecular complexity index is 640. The van der Waals surface area contributed by atoms with Crippen molar-refractivity contribution in [2.24, 2.45) is 0 Å². The second-order valence-electron chi connectivity index (χ2n) is 4.21. The third kappa shape index (κ3) is 3.00. The van der Waals surface area contributed by atoms with E-state index < -0.39 is 0 Å². The van der Waals surface area contributed by atoms with Gasteiger partial charge in [-0.2, -0.15) is 0 Å². The first-order valence-corrected chi connectivity index (χ1v) is 6.69. The third-order valence-corrected chi connectivity index (χ3v) is 3.72. The van der Waals surface area contributed by atoms with Crippen LogP contribution in [0.3, 0.4) is 0 Å². The number of rotatable bonds is 4. The predicted molar refractivity (Wildman–Crippen MR) is 75.8 cm³/mol. The second kappa shape index (κ2) is 6.06. The topological polar surface area (TPSA) is 77.2 Å². The first kappa shape index (κ1) is 14.5. The molecular formula is C13H15N3O3S. The monoisotopic (exact) mass is 293 g/mol. The first-order valence-electron chi connectivity index (χ1n) is 5.95. The molecular weight excluding hydrogens is 278 g/mol. The highest BCUT2D eigenvalue weighted by atomic mass is 32.2. The van der Waals surface area contributed by atoms with Crippen LogP contribution >= 0.6 is 12.0 Å². The van der Waals surface area contributed by atoms with Gasteiger partial charge in [0.15, 0.2) is 0 Å². The highest BCUT2D eigenvalue weighted by molar-refractivity contribution is 7.94. The summed E-state index contributed by atoms with van der Waals surface area (Å²) in [6, 6.07) is 3.74. The Labute approximate surface area is 121 Å². The number of aryl methyl sites for hydroxylation is 2. The van der Waals surface area contributed by atoms with Crippen molar-refractivity contribution in [2.75, 3.05) is 12.4 Å². The highest BCUT2D eigenvalue weighted by Crippen LogP contribution is 2.29. The van der Waals surface area contributed by atoms with E-state index in [1.54, 1.807) is 20.1 Å². The molecule has 1 heterocycles. The zero-order chi connectivity index (χ0) is 14.7. The van der Waals surface area contributed by atoms with E-state index in [4.69, 9.17) is 8.60 Å². The van der Waals surface area contributed by atoms with Crippen molar-refractivity contribution >= 4 is 24.0 Å². The maximum Gasteiger partial charge on any atom is 0.322 e. The van der Waals surface area contributed by atoms with Crippen LogP contribution in [0.5, 0.6) is 0 Å². The molecule has 0 fully saturated rings. The fourth-order valence-corrected chi connectivity index (χ4v) is 2.40. The number of hydrogen-bond acceptors (Lipinski definition) is 6. The van der Waals surface area contributed by atoms with Gasteiger partial charge in [0.25, 0.3) is 5.91 Å². The molecule has 1 aromatic heterocycles. The number of amides is 1. The van der Waals surface area contributed by atoms with Gasteiger partial charge < -0.3 is 8.60 Å². The van der Waals surface area contributed by atoms with Crippen molar-refractivity contribution < 1.29 is 13.4 Å². The van der Waals surface area contributed by atoms with E-state index in [9.17, 15) is 4.79 Å². The van der Waals surface area contributed by atoms with Crippen LogP contribution in [0.25, 0.3) is 0 Å². The maximum absolute atomic E-state index is 12.2. The van der Waals surface area contributed by atoms with Gasteiger partial charge in [-0.15, -0.1) is 5.10 Å². The number of aromatic nitrogens is 2. The van der Waals surface area contributed by atoms with Gasteiger partial charge in [0, 0.05) is 29.4 Å². The van der Waals surface area contributed by atoms with Crippen molar-refractivity contribution in [3.05, 3.63) is 34.7 Å². The van der Waals surface area contributed by atoms with Crippen molar-refractivity contribution in [1.82, 2.24) is 10.2 Å². The minimum Gasteiger partial charge on any atom is -0.408 e. The molecule has 1 amide bonds. The molecule has 0 unspecified atom stereocenters. The van der Waals surface area contributed by atoms with Gasteiger partial charge in [-0.3, -0.25) is 10.1 Å². The van der Waals surface area contributed by atoms with Crippen molar-refractivity contribution in [3.8, 4) is 0 Å². The van der Waals surface area contributed by atoms with Crippen molar-refractivity contribution in [3.63, 3.8) is 0 Å². The van der Waals surface area contributed by atoms with Gasteiger partial charge in [0.05, 0.1) is 7.11 Å². The number of nitrogens with zero attached hydrogens (tertiary/aromatic N) is 2. The molecule has 0 aliphatic rings.